The average molecular weight is 216 g/mol. The Labute approximate surface area is 98.3 Å². The van der Waals surface area contributed by atoms with Crippen LogP contribution in [0, 0.1) is 23.7 Å². The van der Waals surface area contributed by atoms with Gasteiger partial charge in [0.05, 0.1) is 11.5 Å². The predicted molar refractivity (Wildman–Crippen MR) is 67.0 cm³/mol. The fourth-order valence-electron chi connectivity index (χ4n) is 1.42. The number of hydrogen-bond donors (Lipinski definition) is 1. The summed E-state index contributed by atoms with van der Waals surface area (Å²) < 4.78 is 0. The third-order valence-corrected chi connectivity index (χ3v) is 2.73. The smallest absolute Gasteiger partial charge is 0.0697 e. The van der Waals surface area contributed by atoms with E-state index >= 15 is 0 Å². The maximum atomic E-state index is 8.92. The van der Waals surface area contributed by atoms with Gasteiger partial charge in [-0.1, -0.05) is 29.8 Å². The number of benzene rings is 1. The lowest BCUT2D eigenvalue weighted by atomic mass is 9.95. The van der Waals surface area contributed by atoms with E-state index in [-0.39, 0.29) is 11.5 Å². The molecule has 2 heteroatoms. The molecule has 16 heavy (non-hydrogen) atoms. The first kappa shape index (κ1) is 12.7. The number of nitrogens with one attached hydrogen (secondary N) is 1. The van der Waals surface area contributed by atoms with Gasteiger partial charge in [0.15, 0.2) is 0 Å². The van der Waals surface area contributed by atoms with Gasteiger partial charge in [0.2, 0.25) is 0 Å². The van der Waals surface area contributed by atoms with Gasteiger partial charge in [-0.2, -0.15) is 5.26 Å². The van der Waals surface area contributed by atoms with Gasteiger partial charge in [0.1, 0.15) is 0 Å². The summed E-state index contributed by atoms with van der Waals surface area (Å²) in [7, 11) is 0. The second-order valence-corrected chi connectivity index (χ2v) is 5.01. The molecule has 0 spiro atoms. The van der Waals surface area contributed by atoms with Crippen molar-refractivity contribution in [2.24, 2.45) is 5.41 Å². The molecule has 1 N–H and O–H groups in total. The second kappa shape index (κ2) is 5.14. The van der Waals surface area contributed by atoms with Crippen molar-refractivity contribution < 1.29 is 0 Å². The molecule has 0 heterocycles. The van der Waals surface area contributed by atoms with E-state index in [0.29, 0.717) is 6.54 Å². The maximum Gasteiger partial charge on any atom is 0.0697 e. The zero-order valence-corrected chi connectivity index (χ0v) is 10.5. The van der Waals surface area contributed by atoms with E-state index in [0.717, 1.165) is 0 Å². The minimum atomic E-state index is -0.307. The van der Waals surface area contributed by atoms with Crippen molar-refractivity contribution in [3.8, 4) is 6.07 Å². The van der Waals surface area contributed by atoms with E-state index in [4.69, 9.17) is 5.26 Å². The normalized spacial score (nSPS) is 13.2. The van der Waals surface area contributed by atoms with E-state index in [2.05, 4.69) is 49.5 Å². The van der Waals surface area contributed by atoms with Crippen molar-refractivity contribution in [3.05, 3.63) is 35.4 Å². The van der Waals surface area contributed by atoms with Gasteiger partial charge in [-0.25, -0.2) is 0 Å². The molecule has 0 saturated heterocycles. The number of hydrogen-bond acceptors (Lipinski definition) is 2. The molecule has 0 aromatic heterocycles. The van der Waals surface area contributed by atoms with Crippen LogP contribution in [0.5, 0.6) is 0 Å². The van der Waals surface area contributed by atoms with Crippen LogP contribution in [0.2, 0.25) is 0 Å². The summed E-state index contributed by atoms with van der Waals surface area (Å²) in [4.78, 5) is 0. The monoisotopic (exact) mass is 216 g/mol. The van der Waals surface area contributed by atoms with E-state index < -0.39 is 0 Å². The molecule has 0 amide bonds. The third kappa shape index (κ3) is 3.67. The Hall–Kier alpha value is -1.33. The van der Waals surface area contributed by atoms with Crippen molar-refractivity contribution in [1.82, 2.24) is 5.32 Å². The molecule has 1 unspecified atom stereocenters. The van der Waals surface area contributed by atoms with E-state index in [1.54, 1.807) is 0 Å². The van der Waals surface area contributed by atoms with Crippen LogP contribution >= 0.6 is 0 Å². The molecule has 0 aliphatic carbocycles. The van der Waals surface area contributed by atoms with Crippen LogP contribution in [0.1, 0.15) is 37.9 Å². The lowest BCUT2D eigenvalue weighted by Crippen LogP contribution is -2.30. The highest BCUT2D eigenvalue weighted by atomic mass is 14.9. The molecular weight excluding hydrogens is 196 g/mol. The predicted octanol–water partition coefficient (Wildman–Crippen LogP) is 3.20. The van der Waals surface area contributed by atoms with Crippen LogP contribution in [0.4, 0.5) is 0 Å². The number of nitriles is 1. The minimum Gasteiger partial charge on any atom is -0.309 e. The summed E-state index contributed by atoms with van der Waals surface area (Å²) in [5.74, 6) is 0. The lowest BCUT2D eigenvalue weighted by Gasteiger charge is -2.20. The van der Waals surface area contributed by atoms with E-state index in [1.807, 2.05) is 13.8 Å². The zero-order valence-electron chi connectivity index (χ0n) is 10.5. The number of aryl methyl sites for hydroxylation is 1. The fraction of sp³-hybridized carbons (Fsp3) is 0.500. The number of rotatable bonds is 4. The van der Waals surface area contributed by atoms with Crippen LogP contribution in [-0.2, 0) is 0 Å². The highest BCUT2D eigenvalue weighted by Crippen LogP contribution is 2.16. The van der Waals surface area contributed by atoms with Gasteiger partial charge >= 0.3 is 0 Å². The average Bonchev–Trinajstić information content (AvgIpc) is 2.27. The molecule has 0 aliphatic rings. The Morgan fingerprint density at radius 3 is 2.38 bits per heavy atom. The maximum absolute atomic E-state index is 8.92. The first-order valence-electron chi connectivity index (χ1n) is 5.66. The van der Waals surface area contributed by atoms with Gasteiger partial charge in [-0.3, -0.25) is 0 Å². The first-order chi connectivity index (χ1) is 7.44. The molecule has 1 aromatic rings. The molecule has 1 aromatic carbocycles. The van der Waals surface area contributed by atoms with Crippen LogP contribution < -0.4 is 5.32 Å². The Balaban J connectivity index is 2.57. The van der Waals surface area contributed by atoms with E-state index in [9.17, 15) is 0 Å². The summed E-state index contributed by atoms with van der Waals surface area (Å²) in [5, 5.41) is 12.3. The van der Waals surface area contributed by atoms with Crippen molar-refractivity contribution in [3.63, 3.8) is 0 Å². The highest BCUT2D eigenvalue weighted by molar-refractivity contribution is 5.23. The van der Waals surface area contributed by atoms with Gasteiger partial charge in [-0.15, -0.1) is 0 Å². The van der Waals surface area contributed by atoms with Gasteiger partial charge in [0, 0.05) is 12.6 Å². The van der Waals surface area contributed by atoms with Crippen LogP contribution in [0.3, 0.4) is 0 Å². The van der Waals surface area contributed by atoms with E-state index in [1.165, 1.54) is 11.1 Å². The molecule has 0 radical (unpaired) electrons. The van der Waals surface area contributed by atoms with Gasteiger partial charge in [-0.05, 0) is 33.3 Å². The van der Waals surface area contributed by atoms with Gasteiger partial charge in [0.25, 0.3) is 0 Å². The van der Waals surface area contributed by atoms with Crippen LogP contribution in [0.15, 0.2) is 24.3 Å². The van der Waals surface area contributed by atoms with Crippen molar-refractivity contribution in [2.75, 3.05) is 6.54 Å². The van der Waals surface area contributed by atoms with Crippen LogP contribution in [-0.4, -0.2) is 6.54 Å². The third-order valence-electron chi connectivity index (χ3n) is 2.73. The summed E-state index contributed by atoms with van der Waals surface area (Å²) >= 11 is 0. The first-order valence-corrected chi connectivity index (χ1v) is 5.66. The van der Waals surface area contributed by atoms with Crippen molar-refractivity contribution >= 4 is 0 Å². The Morgan fingerprint density at radius 1 is 1.31 bits per heavy atom. The van der Waals surface area contributed by atoms with Crippen molar-refractivity contribution in [2.45, 2.75) is 33.7 Å². The molecule has 0 saturated carbocycles. The molecule has 0 aliphatic heterocycles. The lowest BCUT2D eigenvalue weighted by molar-refractivity contribution is 0.415. The molecule has 0 bridgehead atoms. The fourth-order valence-corrected chi connectivity index (χ4v) is 1.42. The molecule has 1 rings (SSSR count). The molecule has 2 nitrogen and oxygen atoms in total. The summed E-state index contributed by atoms with van der Waals surface area (Å²) in [6.07, 6.45) is 0. The SMILES string of the molecule is Cc1ccc(C(C)NCC(C)(C)C#N)cc1. The Kier molecular flexibility index (Phi) is 4.09. The topological polar surface area (TPSA) is 35.8 Å². The van der Waals surface area contributed by atoms with Crippen molar-refractivity contribution in [1.29, 1.82) is 5.26 Å². The molecular formula is C14H20N2. The molecule has 86 valence electrons. The Morgan fingerprint density at radius 2 is 1.88 bits per heavy atom. The highest BCUT2D eigenvalue weighted by Gasteiger charge is 2.17. The van der Waals surface area contributed by atoms with Crippen LogP contribution in [0.25, 0.3) is 0 Å². The number of nitrogens with zero attached hydrogens (tertiary/aromatic N) is 1. The standard InChI is InChI=1S/C14H20N2/c1-11-5-7-13(8-6-11)12(2)16-10-14(3,4)9-15/h5-8,12,16H,10H2,1-4H3. The molecule has 1 atom stereocenters. The second-order valence-electron chi connectivity index (χ2n) is 5.01. The largest absolute Gasteiger partial charge is 0.309 e. The summed E-state index contributed by atoms with van der Waals surface area (Å²) in [5.41, 5.74) is 2.23. The summed E-state index contributed by atoms with van der Waals surface area (Å²) in [6, 6.07) is 11.1. The quantitative estimate of drug-likeness (QED) is 0.839. The minimum absolute atomic E-state index is 0.285. The molecule has 0 fully saturated rings. The Bertz CT molecular complexity index is 371. The van der Waals surface area contributed by atoms with Gasteiger partial charge < -0.3 is 5.32 Å². The summed E-state index contributed by atoms with van der Waals surface area (Å²) in [6.45, 7) is 8.81. The zero-order chi connectivity index (χ0) is 12.2.